The Morgan fingerprint density at radius 2 is 1.97 bits per heavy atom. The topological polar surface area (TPSA) is 102 Å². The molecule has 1 N–H and O–H groups in total. The van der Waals surface area contributed by atoms with Crippen LogP contribution in [0.4, 0.5) is 19.3 Å². The molecule has 2 aliphatic rings. The van der Waals surface area contributed by atoms with Crippen molar-refractivity contribution >= 4 is 27.5 Å². The highest BCUT2D eigenvalue weighted by Crippen LogP contribution is 2.35. The predicted octanol–water partition coefficient (Wildman–Crippen LogP) is 3.50. The normalized spacial score (nSPS) is 18.4. The van der Waals surface area contributed by atoms with E-state index in [0.29, 0.717) is 37.3 Å². The molecule has 1 atom stereocenters. The minimum Gasteiger partial charge on any atom is -0.453 e. The standard InChI is InChI=1S/C24H26F2N4O5S/c1-14-5-6-30-20(12-16-13-29(7-8-35-16)24(31)34-2)23(27-21(30)9-14)22-18(25)10-15(11-19(22)26)28-36(32,33)17-3-4-17/h5-6,9-11,16-17,28H,3-4,7-8,12-13H2,1-2H3/t16-/m0/s1. The maximum Gasteiger partial charge on any atom is 0.409 e. The molecule has 1 aliphatic heterocycles. The van der Waals surface area contributed by atoms with E-state index < -0.39 is 39.1 Å². The molecule has 1 amide bonds. The number of aromatic nitrogens is 2. The lowest BCUT2D eigenvalue weighted by Crippen LogP contribution is -2.46. The Labute approximate surface area is 207 Å². The van der Waals surface area contributed by atoms with Gasteiger partial charge in [0.05, 0.1) is 54.3 Å². The number of amides is 1. The zero-order chi connectivity index (χ0) is 25.6. The van der Waals surface area contributed by atoms with Crippen LogP contribution in [-0.4, -0.2) is 67.0 Å². The molecule has 1 saturated heterocycles. The number of aryl methyl sites for hydroxylation is 1. The van der Waals surface area contributed by atoms with Crippen LogP contribution in [0.5, 0.6) is 0 Å². The molecule has 1 aliphatic carbocycles. The first-order valence-electron chi connectivity index (χ1n) is 11.6. The number of nitrogens with one attached hydrogen (secondary N) is 1. The summed E-state index contributed by atoms with van der Waals surface area (Å²) in [6.45, 7) is 2.81. The fourth-order valence-corrected chi connectivity index (χ4v) is 5.80. The van der Waals surface area contributed by atoms with Gasteiger partial charge < -0.3 is 18.8 Å². The maximum atomic E-state index is 15.3. The molecule has 3 heterocycles. The van der Waals surface area contributed by atoms with E-state index in [9.17, 15) is 13.2 Å². The van der Waals surface area contributed by atoms with E-state index in [-0.39, 0.29) is 29.9 Å². The second kappa shape index (κ2) is 9.32. The average molecular weight is 521 g/mol. The third kappa shape index (κ3) is 4.74. The lowest BCUT2D eigenvalue weighted by molar-refractivity contribution is -0.0241. The SMILES string of the molecule is COC(=O)N1CCO[C@@H](Cc2c(-c3c(F)cc(NS(=O)(=O)C4CC4)cc3F)nc3cc(C)ccn23)C1. The molecule has 0 bridgehead atoms. The van der Waals surface area contributed by atoms with Gasteiger partial charge in [-0.2, -0.15) is 0 Å². The summed E-state index contributed by atoms with van der Waals surface area (Å²) in [5.41, 5.74) is 1.48. The Bertz CT molecular complexity index is 1410. The minimum absolute atomic E-state index is 0.0889. The Kier molecular flexibility index (Phi) is 6.33. The predicted molar refractivity (Wildman–Crippen MR) is 128 cm³/mol. The van der Waals surface area contributed by atoms with Gasteiger partial charge in [-0.15, -0.1) is 0 Å². The second-order valence-corrected chi connectivity index (χ2v) is 11.1. The monoisotopic (exact) mass is 520 g/mol. The number of halogens is 2. The van der Waals surface area contributed by atoms with Crippen molar-refractivity contribution in [1.29, 1.82) is 0 Å². The number of pyridine rings is 1. The molecule has 9 nitrogen and oxygen atoms in total. The lowest BCUT2D eigenvalue weighted by Gasteiger charge is -2.32. The third-order valence-corrected chi connectivity index (χ3v) is 8.24. The summed E-state index contributed by atoms with van der Waals surface area (Å²) < 4.78 is 69.8. The van der Waals surface area contributed by atoms with Crippen molar-refractivity contribution < 1.29 is 31.5 Å². The van der Waals surface area contributed by atoms with Crippen LogP contribution in [0.25, 0.3) is 16.9 Å². The molecule has 0 radical (unpaired) electrons. The Balaban J connectivity index is 1.53. The number of fused-ring (bicyclic) bond motifs is 1. The third-order valence-electron chi connectivity index (χ3n) is 6.38. The molecule has 1 saturated carbocycles. The van der Waals surface area contributed by atoms with Crippen LogP contribution in [-0.2, 0) is 25.9 Å². The first kappa shape index (κ1) is 24.4. The average Bonchev–Trinajstić information content (AvgIpc) is 3.63. The molecular weight excluding hydrogens is 494 g/mol. The number of carbonyl (C=O) groups excluding carboxylic acids is 1. The number of carbonyl (C=O) groups is 1. The molecule has 1 aromatic carbocycles. The van der Waals surface area contributed by atoms with Crippen molar-refractivity contribution in [1.82, 2.24) is 14.3 Å². The van der Waals surface area contributed by atoms with Crippen LogP contribution in [0.1, 0.15) is 24.1 Å². The minimum atomic E-state index is -3.68. The van der Waals surface area contributed by atoms with Gasteiger partial charge in [-0.3, -0.25) is 4.72 Å². The van der Waals surface area contributed by atoms with Gasteiger partial charge >= 0.3 is 6.09 Å². The van der Waals surface area contributed by atoms with Crippen LogP contribution >= 0.6 is 0 Å². The lowest BCUT2D eigenvalue weighted by atomic mass is 10.0. The summed E-state index contributed by atoms with van der Waals surface area (Å²) in [6, 6.07) is 5.58. The Hall–Kier alpha value is -3.25. The van der Waals surface area contributed by atoms with Crippen molar-refractivity contribution in [3.8, 4) is 11.3 Å². The highest BCUT2D eigenvalue weighted by molar-refractivity contribution is 7.93. The largest absolute Gasteiger partial charge is 0.453 e. The number of nitrogens with zero attached hydrogens (tertiary/aromatic N) is 3. The van der Waals surface area contributed by atoms with E-state index >= 15 is 8.78 Å². The van der Waals surface area contributed by atoms with Crippen molar-refractivity contribution in [2.75, 3.05) is 31.5 Å². The van der Waals surface area contributed by atoms with Crippen LogP contribution in [0.2, 0.25) is 0 Å². The number of hydrogen-bond acceptors (Lipinski definition) is 6. The quantitative estimate of drug-likeness (QED) is 0.534. The highest BCUT2D eigenvalue weighted by Gasteiger charge is 2.36. The molecule has 36 heavy (non-hydrogen) atoms. The van der Waals surface area contributed by atoms with Crippen molar-refractivity contribution in [3.05, 3.63) is 53.4 Å². The van der Waals surface area contributed by atoms with E-state index in [1.807, 2.05) is 13.0 Å². The maximum absolute atomic E-state index is 15.3. The summed E-state index contributed by atoms with van der Waals surface area (Å²) in [7, 11) is -2.38. The first-order valence-corrected chi connectivity index (χ1v) is 13.1. The molecule has 0 unspecified atom stereocenters. The van der Waals surface area contributed by atoms with Gasteiger partial charge in [0.25, 0.3) is 0 Å². The molecule has 0 spiro atoms. The molecule has 192 valence electrons. The molecule has 2 fully saturated rings. The van der Waals surface area contributed by atoms with Gasteiger partial charge in [-0.1, -0.05) is 0 Å². The number of morpholine rings is 1. The molecule has 3 aromatic rings. The number of methoxy groups -OCH3 is 1. The summed E-state index contributed by atoms with van der Waals surface area (Å²) in [5.74, 6) is -1.88. The number of anilines is 1. The number of ether oxygens (including phenoxy) is 2. The van der Waals surface area contributed by atoms with E-state index in [4.69, 9.17) is 9.47 Å². The summed E-state index contributed by atoms with van der Waals surface area (Å²) in [6.07, 6.45) is 2.12. The van der Waals surface area contributed by atoms with E-state index in [1.54, 1.807) is 16.7 Å². The summed E-state index contributed by atoms with van der Waals surface area (Å²) in [5, 5.41) is -0.531. The second-order valence-electron chi connectivity index (χ2n) is 9.11. The van der Waals surface area contributed by atoms with Gasteiger partial charge in [-0.05, 0) is 49.6 Å². The zero-order valence-corrected chi connectivity index (χ0v) is 20.6. The number of hydrogen-bond donors (Lipinski definition) is 1. The van der Waals surface area contributed by atoms with Crippen molar-refractivity contribution in [2.24, 2.45) is 0 Å². The summed E-state index contributed by atoms with van der Waals surface area (Å²) in [4.78, 5) is 18.0. The van der Waals surface area contributed by atoms with Crippen LogP contribution in [0.3, 0.4) is 0 Å². The van der Waals surface area contributed by atoms with Crippen LogP contribution in [0.15, 0.2) is 30.5 Å². The highest BCUT2D eigenvalue weighted by atomic mass is 32.2. The van der Waals surface area contributed by atoms with Gasteiger partial charge in [0.15, 0.2) is 0 Å². The first-order chi connectivity index (χ1) is 17.2. The molecule has 2 aromatic heterocycles. The number of rotatable bonds is 6. The van der Waals surface area contributed by atoms with Gasteiger partial charge in [-0.25, -0.2) is 27.0 Å². The van der Waals surface area contributed by atoms with E-state index in [0.717, 1.165) is 17.7 Å². The van der Waals surface area contributed by atoms with Crippen molar-refractivity contribution in [2.45, 2.75) is 37.5 Å². The Morgan fingerprint density at radius 3 is 2.64 bits per heavy atom. The van der Waals surface area contributed by atoms with Gasteiger partial charge in [0.2, 0.25) is 10.0 Å². The van der Waals surface area contributed by atoms with Crippen molar-refractivity contribution in [3.63, 3.8) is 0 Å². The van der Waals surface area contributed by atoms with E-state index in [2.05, 4.69) is 9.71 Å². The fraction of sp³-hybridized carbons (Fsp3) is 0.417. The van der Waals surface area contributed by atoms with Gasteiger partial charge in [0.1, 0.15) is 17.3 Å². The number of sulfonamides is 1. The van der Waals surface area contributed by atoms with Gasteiger partial charge in [0, 0.05) is 19.2 Å². The Morgan fingerprint density at radius 1 is 1.25 bits per heavy atom. The fourth-order valence-electron chi connectivity index (χ4n) is 4.43. The molecule has 5 rings (SSSR count). The molecular formula is C24H26F2N4O5S. The molecule has 12 heteroatoms. The smallest absolute Gasteiger partial charge is 0.409 e. The number of benzene rings is 1. The van der Waals surface area contributed by atoms with Crippen LogP contribution in [0, 0.1) is 18.6 Å². The zero-order valence-electron chi connectivity index (χ0n) is 19.8. The summed E-state index contributed by atoms with van der Waals surface area (Å²) >= 11 is 0. The van der Waals surface area contributed by atoms with Crippen LogP contribution < -0.4 is 4.72 Å². The van der Waals surface area contributed by atoms with E-state index in [1.165, 1.54) is 12.0 Å². The number of imidazole rings is 1.